The molecule has 0 aromatic heterocycles. The van der Waals surface area contributed by atoms with E-state index in [4.69, 9.17) is 16.7 Å². The highest BCUT2D eigenvalue weighted by atomic mass is 35.5. The van der Waals surface area contributed by atoms with Gasteiger partial charge < -0.3 is 9.90 Å². The van der Waals surface area contributed by atoms with Crippen molar-refractivity contribution in [3.05, 3.63) is 0 Å². The van der Waals surface area contributed by atoms with E-state index in [9.17, 15) is 4.79 Å². The van der Waals surface area contributed by atoms with Gasteiger partial charge in [-0.1, -0.05) is 11.6 Å². The smallest absolute Gasteiger partial charge is 0.129 e. The molecule has 0 aliphatic heterocycles. The first-order chi connectivity index (χ1) is 3.63. The molecule has 2 nitrogen and oxygen atoms in total. The molecule has 0 fully saturated rings. The van der Waals surface area contributed by atoms with E-state index >= 15 is 0 Å². The second-order valence-electron chi connectivity index (χ2n) is 1.68. The van der Waals surface area contributed by atoms with Gasteiger partial charge in [0.25, 0.3) is 0 Å². The number of hydrogen-bond donors (Lipinski definition) is 1. The van der Waals surface area contributed by atoms with Gasteiger partial charge in [-0.05, 0) is 13.3 Å². The molecule has 0 aliphatic carbocycles. The van der Waals surface area contributed by atoms with Crippen molar-refractivity contribution in [1.29, 1.82) is 0 Å². The Bertz CT molecular complexity index is 80.5. The van der Waals surface area contributed by atoms with Crippen molar-refractivity contribution < 1.29 is 9.90 Å². The zero-order valence-corrected chi connectivity index (χ0v) is 5.48. The molecule has 0 spiro atoms. The summed E-state index contributed by atoms with van der Waals surface area (Å²) in [7, 11) is 0. The molecule has 0 aliphatic rings. The largest absolute Gasteiger partial charge is 0.378 e. The summed E-state index contributed by atoms with van der Waals surface area (Å²) < 4.78 is 0. The standard InChI is InChI=1S/C5H9ClO2/c1-4(7)2-3-5(6)8/h5,8H,2-3H2,1H3. The van der Waals surface area contributed by atoms with E-state index in [1.165, 1.54) is 6.92 Å². The maximum atomic E-state index is 10.2. The molecule has 48 valence electrons. The highest BCUT2D eigenvalue weighted by Gasteiger charge is 1.98. The van der Waals surface area contributed by atoms with Gasteiger partial charge in [-0.3, -0.25) is 0 Å². The topological polar surface area (TPSA) is 37.3 Å². The van der Waals surface area contributed by atoms with Crippen LogP contribution in [0.4, 0.5) is 0 Å². The number of halogens is 1. The fourth-order valence-electron chi connectivity index (χ4n) is 0.322. The van der Waals surface area contributed by atoms with Gasteiger partial charge in [0, 0.05) is 6.42 Å². The highest BCUT2D eigenvalue weighted by Crippen LogP contribution is 2.00. The third-order valence-electron chi connectivity index (χ3n) is 0.735. The van der Waals surface area contributed by atoms with Gasteiger partial charge in [0.2, 0.25) is 0 Å². The second-order valence-corrected chi connectivity index (χ2v) is 2.18. The van der Waals surface area contributed by atoms with E-state index in [0.29, 0.717) is 12.8 Å². The fraction of sp³-hybridized carbons (Fsp3) is 0.800. The fourth-order valence-corrected chi connectivity index (χ4v) is 0.431. The molecule has 3 heteroatoms. The Morgan fingerprint density at radius 3 is 2.50 bits per heavy atom. The third kappa shape index (κ3) is 5.92. The van der Waals surface area contributed by atoms with Gasteiger partial charge in [-0.15, -0.1) is 0 Å². The lowest BCUT2D eigenvalue weighted by Crippen LogP contribution is -1.99. The molecule has 0 aromatic rings. The van der Waals surface area contributed by atoms with Crippen molar-refractivity contribution >= 4 is 17.4 Å². The SMILES string of the molecule is CC(=O)CCC(O)Cl. The van der Waals surface area contributed by atoms with Crippen molar-refractivity contribution in [2.45, 2.75) is 25.3 Å². The normalized spacial score (nSPS) is 13.4. The van der Waals surface area contributed by atoms with E-state index in [-0.39, 0.29) is 5.78 Å². The van der Waals surface area contributed by atoms with Gasteiger partial charge in [0.15, 0.2) is 0 Å². The zero-order chi connectivity index (χ0) is 6.57. The molecule has 8 heavy (non-hydrogen) atoms. The summed E-state index contributed by atoms with van der Waals surface area (Å²) >= 11 is 5.13. The van der Waals surface area contributed by atoms with Crippen LogP contribution in [0.3, 0.4) is 0 Å². The van der Waals surface area contributed by atoms with Gasteiger partial charge in [0.1, 0.15) is 11.3 Å². The van der Waals surface area contributed by atoms with Crippen LogP contribution in [-0.4, -0.2) is 16.5 Å². The summed E-state index contributed by atoms with van der Waals surface area (Å²) in [5, 5.41) is 8.41. The molecular weight excluding hydrogens is 128 g/mol. The number of carbonyl (C=O) groups excluding carboxylic acids is 1. The maximum absolute atomic E-state index is 10.2. The quantitative estimate of drug-likeness (QED) is 0.586. The first kappa shape index (κ1) is 7.92. The van der Waals surface area contributed by atoms with Crippen LogP contribution in [0.2, 0.25) is 0 Å². The molecule has 0 saturated heterocycles. The lowest BCUT2D eigenvalue weighted by atomic mass is 10.2. The van der Waals surface area contributed by atoms with Crippen molar-refractivity contribution in [2.75, 3.05) is 0 Å². The predicted octanol–water partition coefficient (Wildman–Crippen LogP) is 0.913. The molecule has 1 unspecified atom stereocenters. The first-order valence-corrected chi connectivity index (χ1v) is 2.88. The van der Waals surface area contributed by atoms with E-state index in [1.54, 1.807) is 0 Å². The van der Waals surface area contributed by atoms with E-state index in [0.717, 1.165) is 0 Å². The molecule has 0 saturated carbocycles. The summed E-state index contributed by atoms with van der Waals surface area (Å²) in [5.41, 5.74) is -0.862. The molecule has 0 heterocycles. The summed E-state index contributed by atoms with van der Waals surface area (Å²) in [6.07, 6.45) is 0.724. The maximum Gasteiger partial charge on any atom is 0.129 e. The van der Waals surface area contributed by atoms with Crippen LogP contribution >= 0.6 is 11.6 Å². The molecule has 1 atom stereocenters. The Morgan fingerprint density at radius 1 is 1.88 bits per heavy atom. The second kappa shape index (κ2) is 3.87. The van der Waals surface area contributed by atoms with E-state index in [1.807, 2.05) is 0 Å². The third-order valence-corrected chi connectivity index (χ3v) is 0.953. The Balaban J connectivity index is 3.05. The van der Waals surface area contributed by atoms with Gasteiger partial charge >= 0.3 is 0 Å². The van der Waals surface area contributed by atoms with Gasteiger partial charge in [0.05, 0.1) is 0 Å². The van der Waals surface area contributed by atoms with Crippen molar-refractivity contribution in [3.63, 3.8) is 0 Å². The number of aliphatic hydroxyl groups is 1. The summed E-state index contributed by atoms with van der Waals surface area (Å²) in [4.78, 5) is 10.2. The van der Waals surface area contributed by atoms with Crippen LogP contribution in [0.25, 0.3) is 0 Å². The minimum Gasteiger partial charge on any atom is -0.378 e. The first-order valence-electron chi connectivity index (χ1n) is 2.44. The predicted molar refractivity (Wildman–Crippen MR) is 31.8 cm³/mol. The van der Waals surface area contributed by atoms with Crippen molar-refractivity contribution in [1.82, 2.24) is 0 Å². The molecule has 0 amide bonds. The molecule has 0 aromatic carbocycles. The van der Waals surface area contributed by atoms with Gasteiger partial charge in [-0.2, -0.15) is 0 Å². The number of rotatable bonds is 3. The number of alkyl halides is 1. The average Bonchev–Trinajstić information content (AvgIpc) is 1.61. The Kier molecular flexibility index (Phi) is 3.83. The van der Waals surface area contributed by atoms with Crippen LogP contribution in [0.5, 0.6) is 0 Å². The van der Waals surface area contributed by atoms with Crippen molar-refractivity contribution in [2.24, 2.45) is 0 Å². The lowest BCUT2D eigenvalue weighted by Gasteiger charge is -1.95. The molecule has 1 N–H and O–H groups in total. The number of Topliss-reactive ketones (excluding diaryl/α,β-unsaturated/α-hetero) is 1. The van der Waals surface area contributed by atoms with Crippen LogP contribution in [-0.2, 0) is 4.79 Å². The zero-order valence-electron chi connectivity index (χ0n) is 4.72. The molecule has 0 radical (unpaired) electrons. The van der Waals surface area contributed by atoms with Crippen molar-refractivity contribution in [3.8, 4) is 0 Å². The average molecular weight is 137 g/mol. The minimum atomic E-state index is -0.862. The Morgan fingerprint density at radius 2 is 2.38 bits per heavy atom. The lowest BCUT2D eigenvalue weighted by molar-refractivity contribution is -0.117. The number of hydrogen-bond acceptors (Lipinski definition) is 2. The number of aliphatic hydroxyl groups excluding tert-OH is 1. The molecular formula is C5H9ClO2. The van der Waals surface area contributed by atoms with Crippen LogP contribution in [0.15, 0.2) is 0 Å². The monoisotopic (exact) mass is 136 g/mol. The number of ketones is 1. The molecule has 0 bridgehead atoms. The highest BCUT2D eigenvalue weighted by molar-refractivity contribution is 6.19. The summed E-state index contributed by atoms with van der Waals surface area (Å²) in [6, 6.07) is 0. The Hall–Kier alpha value is -0.0800. The number of carbonyl (C=O) groups is 1. The van der Waals surface area contributed by atoms with Crippen LogP contribution in [0.1, 0.15) is 19.8 Å². The summed E-state index contributed by atoms with van der Waals surface area (Å²) in [5.74, 6) is 0.0599. The summed E-state index contributed by atoms with van der Waals surface area (Å²) in [6.45, 7) is 1.47. The van der Waals surface area contributed by atoms with Gasteiger partial charge in [-0.25, -0.2) is 0 Å². The Labute approximate surface area is 53.5 Å². The van der Waals surface area contributed by atoms with E-state index in [2.05, 4.69) is 0 Å². The van der Waals surface area contributed by atoms with Crippen LogP contribution in [0, 0.1) is 0 Å². The van der Waals surface area contributed by atoms with E-state index < -0.39 is 5.56 Å². The van der Waals surface area contributed by atoms with Crippen LogP contribution < -0.4 is 0 Å². The molecule has 0 rings (SSSR count). The minimum absolute atomic E-state index is 0.0599.